The van der Waals surface area contributed by atoms with Gasteiger partial charge in [-0.25, -0.2) is 0 Å². The predicted molar refractivity (Wildman–Crippen MR) is 66.6 cm³/mol. The Kier molecular flexibility index (Phi) is 4.40. The lowest BCUT2D eigenvalue weighted by atomic mass is 10.1. The number of carbonyl (C=O) groups excluding carboxylic acids is 1. The highest BCUT2D eigenvalue weighted by Gasteiger charge is 2.35. The highest BCUT2D eigenvalue weighted by Crippen LogP contribution is 2.27. The van der Waals surface area contributed by atoms with Gasteiger partial charge in [-0.1, -0.05) is 12.8 Å². The van der Waals surface area contributed by atoms with E-state index in [-0.39, 0.29) is 18.1 Å². The Morgan fingerprint density at radius 1 is 1.29 bits per heavy atom. The van der Waals surface area contributed by atoms with Crippen LogP contribution in [0.3, 0.4) is 0 Å². The minimum atomic E-state index is -0.232. The van der Waals surface area contributed by atoms with Gasteiger partial charge in [0.25, 0.3) is 5.91 Å². The van der Waals surface area contributed by atoms with Crippen LogP contribution in [0.1, 0.15) is 45.4 Å². The molecule has 0 aromatic heterocycles. The molecular formula is C13H24N2O2. The van der Waals surface area contributed by atoms with Crippen LogP contribution < -0.4 is 5.73 Å². The van der Waals surface area contributed by atoms with Gasteiger partial charge in [-0.3, -0.25) is 4.79 Å². The van der Waals surface area contributed by atoms with Crippen molar-refractivity contribution in [2.75, 3.05) is 13.1 Å². The molecule has 2 N–H and O–H groups in total. The van der Waals surface area contributed by atoms with Crippen molar-refractivity contribution in [1.29, 1.82) is 0 Å². The summed E-state index contributed by atoms with van der Waals surface area (Å²) < 4.78 is 5.70. The Morgan fingerprint density at radius 3 is 2.53 bits per heavy atom. The highest BCUT2D eigenvalue weighted by molar-refractivity contribution is 5.81. The summed E-state index contributed by atoms with van der Waals surface area (Å²) in [7, 11) is 0. The molecule has 4 nitrogen and oxygen atoms in total. The molecule has 1 amide bonds. The van der Waals surface area contributed by atoms with Crippen LogP contribution in [0, 0.1) is 0 Å². The molecule has 0 spiro atoms. The molecule has 1 saturated carbocycles. The van der Waals surface area contributed by atoms with Crippen LogP contribution in [0.2, 0.25) is 0 Å². The number of rotatable bonds is 4. The van der Waals surface area contributed by atoms with E-state index in [2.05, 4.69) is 6.92 Å². The molecule has 2 fully saturated rings. The Labute approximate surface area is 103 Å². The van der Waals surface area contributed by atoms with Crippen molar-refractivity contribution in [2.45, 2.75) is 63.7 Å². The average molecular weight is 240 g/mol. The quantitative estimate of drug-likeness (QED) is 0.805. The van der Waals surface area contributed by atoms with E-state index in [1.54, 1.807) is 0 Å². The third kappa shape index (κ3) is 2.80. The Bertz CT molecular complexity index is 264. The maximum absolute atomic E-state index is 12.4. The van der Waals surface area contributed by atoms with Crippen LogP contribution in [0.5, 0.6) is 0 Å². The molecule has 2 aliphatic rings. The molecule has 98 valence electrons. The fourth-order valence-corrected chi connectivity index (χ4v) is 3.06. The van der Waals surface area contributed by atoms with Gasteiger partial charge < -0.3 is 15.4 Å². The van der Waals surface area contributed by atoms with Crippen LogP contribution in [0.4, 0.5) is 0 Å². The lowest BCUT2D eigenvalue weighted by molar-refractivity contribution is -0.144. The first kappa shape index (κ1) is 12.8. The van der Waals surface area contributed by atoms with E-state index in [1.165, 1.54) is 12.8 Å². The third-order valence-electron chi connectivity index (χ3n) is 4.04. The van der Waals surface area contributed by atoms with Gasteiger partial charge in [-0.2, -0.15) is 0 Å². The monoisotopic (exact) mass is 240 g/mol. The summed E-state index contributed by atoms with van der Waals surface area (Å²) in [6, 6.07) is 0.452. The number of carbonyl (C=O) groups is 1. The maximum atomic E-state index is 12.4. The molecular weight excluding hydrogens is 216 g/mol. The molecule has 2 unspecified atom stereocenters. The van der Waals surface area contributed by atoms with Gasteiger partial charge in [0.05, 0.1) is 6.10 Å². The van der Waals surface area contributed by atoms with Crippen molar-refractivity contribution in [2.24, 2.45) is 5.73 Å². The second-order valence-electron chi connectivity index (χ2n) is 5.12. The summed E-state index contributed by atoms with van der Waals surface area (Å²) >= 11 is 0. The van der Waals surface area contributed by atoms with Crippen molar-refractivity contribution < 1.29 is 9.53 Å². The number of ether oxygens (including phenoxy) is 1. The molecule has 4 heteroatoms. The molecule has 2 rings (SSSR count). The van der Waals surface area contributed by atoms with Gasteiger partial charge in [0.1, 0.15) is 6.10 Å². The van der Waals surface area contributed by atoms with Crippen LogP contribution >= 0.6 is 0 Å². The van der Waals surface area contributed by atoms with E-state index >= 15 is 0 Å². The minimum absolute atomic E-state index is 0.0891. The summed E-state index contributed by atoms with van der Waals surface area (Å²) in [4.78, 5) is 14.4. The smallest absolute Gasteiger partial charge is 0.251 e. The van der Waals surface area contributed by atoms with E-state index in [1.807, 2.05) is 4.90 Å². The Morgan fingerprint density at radius 2 is 2.00 bits per heavy atom. The summed E-state index contributed by atoms with van der Waals surface area (Å²) in [5, 5.41) is 0. The third-order valence-corrected chi connectivity index (χ3v) is 4.04. The van der Waals surface area contributed by atoms with E-state index in [9.17, 15) is 4.79 Å². The number of hydrogen-bond donors (Lipinski definition) is 1. The van der Waals surface area contributed by atoms with Crippen LogP contribution in [-0.2, 0) is 9.53 Å². The highest BCUT2D eigenvalue weighted by atomic mass is 16.5. The van der Waals surface area contributed by atoms with E-state index in [4.69, 9.17) is 10.5 Å². The summed E-state index contributed by atoms with van der Waals surface area (Å²) in [6.07, 6.45) is 6.45. The Balaban J connectivity index is 1.92. The second kappa shape index (κ2) is 5.83. The molecule has 1 heterocycles. The largest absolute Gasteiger partial charge is 0.364 e. The molecule has 0 aromatic rings. The summed E-state index contributed by atoms with van der Waals surface area (Å²) in [5.74, 6) is 0.190. The second-order valence-corrected chi connectivity index (χ2v) is 5.12. The zero-order valence-corrected chi connectivity index (χ0v) is 10.7. The topological polar surface area (TPSA) is 55.6 Å². The van der Waals surface area contributed by atoms with Gasteiger partial charge in [-0.15, -0.1) is 0 Å². The molecule has 1 saturated heterocycles. The lowest BCUT2D eigenvalue weighted by Gasteiger charge is -2.30. The first-order valence-corrected chi connectivity index (χ1v) is 6.92. The van der Waals surface area contributed by atoms with E-state index < -0.39 is 0 Å². The normalized spacial score (nSPS) is 29.8. The molecule has 1 aliphatic carbocycles. The van der Waals surface area contributed by atoms with Gasteiger partial charge in [0, 0.05) is 19.1 Å². The predicted octanol–water partition coefficient (Wildman–Crippen LogP) is 1.28. The van der Waals surface area contributed by atoms with Crippen molar-refractivity contribution in [3.63, 3.8) is 0 Å². The fraction of sp³-hybridized carbons (Fsp3) is 0.923. The SMILES string of the molecule is CCN(C(=O)C1CCC(CN)O1)C1CCCC1. The number of nitrogens with zero attached hydrogens (tertiary/aromatic N) is 1. The fourth-order valence-electron chi connectivity index (χ4n) is 3.06. The molecule has 2 atom stereocenters. The van der Waals surface area contributed by atoms with Crippen molar-refractivity contribution in [1.82, 2.24) is 4.90 Å². The number of hydrogen-bond acceptors (Lipinski definition) is 3. The maximum Gasteiger partial charge on any atom is 0.251 e. The number of nitrogens with two attached hydrogens (primary N) is 1. The lowest BCUT2D eigenvalue weighted by Crippen LogP contribution is -2.44. The minimum Gasteiger partial charge on any atom is -0.364 e. The molecule has 1 aliphatic heterocycles. The Hall–Kier alpha value is -0.610. The van der Waals surface area contributed by atoms with Gasteiger partial charge in [0.2, 0.25) is 0 Å². The van der Waals surface area contributed by atoms with Crippen molar-refractivity contribution >= 4 is 5.91 Å². The molecule has 0 bridgehead atoms. The molecule has 0 aromatic carbocycles. The average Bonchev–Trinajstić information content (AvgIpc) is 3.00. The zero-order valence-electron chi connectivity index (χ0n) is 10.7. The van der Waals surface area contributed by atoms with E-state index in [0.29, 0.717) is 12.6 Å². The zero-order chi connectivity index (χ0) is 12.3. The van der Waals surface area contributed by atoms with Gasteiger partial charge in [-0.05, 0) is 32.6 Å². The van der Waals surface area contributed by atoms with Crippen LogP contribution in [0.25, 0.3) is 0 Å². The van der Waals surface area contributed by atoms with E-state index in [0.717, 1.165) is 32.2 Å². The van der Waals surface area contributed by atoms with Gasteiger partial charge in [0.15, 0.2) is 0 Å². The summed E-state index contributed by atoms with van der Waals surface area (Å²) in [5.41, 5.74) is 5.58. The number of likely N-dealkylation sites (N-methyl/N-ethyl adjacent to an activating group) is 1. The van der Waals surface area contributed by atoms with Gasteiger partial charge >= 0.3 is 0 Å². The molecule has 17 heavy (non-hydrogen) atoms. The van der Waals surface area contributed by atoms with Crippen LogP contribution in [-0.4, -0.2) is 42.1 Å². The molecule has 0 radical (unpaired) electrons. The van der Waals surface area contributed by atoms with Crippen LogP contribution in [0.15, 0.2) is 0 Å². The standard InChI is InChI=1S/C13H24N2O2/c1-2-15(10-5-3-4-6-10)13(16)12-8-7-11(9-14)17-12/h10-12H,2-9,14H2,1H3. The summed E-state index contributed by atoms with van der Waals surface area (Å²) in [6.45, 7) is 3.39. The van der Waals surface area contributed by atoms with Crippen molar-refractivity contribution in [3.05, 3.63) is 0 Å². The van der Waals surface area contributed by atoms with Crippen molar-refractivity contribution in [3.8, 4) is 0 Å². The number of amides is 1. The first-order valence-electron chi connectivity index (χ1n) is 6.92. The first-order chi connectivity index (χ1) is 8.26.